The normalized spacial score (nSPS) is 10.7. The number of rotatable bonds is 4. The highest BCUT2D eigenvalue weighted by atomic mass is 35.5. The smallest absolute Gasteiger partial charge is 0.255 e. The maximum Gasteiger partial charge on any atom is 0.255 e. The van der Waals surface area contributed by atoms with Crippen LogP contribution in [0.2, 0.25) is 5.02 Å². The molecular weight excluding hydrogens is 452 g/mol. The van der Waals surface area contributed by atoms with E-state index < -0.39 is 0 Å². The molecule has 158 valence electrons. The third-order valence-corrected chi connectivity index (χ3v) is 6.55. The molecule has 0 aliphatic carbocycles. The minimum Gasteiger partial charge on any atom is -0.322 e. The molecule has 3 aromatic heterocycles. The highest BCUT2D eigenvalue weighted by Gasteiger charge is 2.16. The van der Waals surface area contributed by atoms with Gasteiger partial charge < -0.3 is 5.32 Å². The summed E-state index contributed by atoms with van der Waals surface area (Å²) in [5, 5.41) is 13.2. The predicted octanol–water partition coefficient (Wildman–Crippen LogP) is 6.80. The second-order valence-electron chi connectivity index (χ2n) is 7.26. The van der Waals surface area contributed by atoms with Crippen molar-refractivity contribution in [1.29, 1.82) is 5.26 Å². The van der Waals surface area contributed by atoms with Crippen molar-refractivity contribution >= 4 is 44.7 Å². The van der Waals surface area contributed by atoms with Gasteiger partial charge in [0.05, 0.1) is 15.8 Å². The number of carbonyl (C=O) groups is 1. The zero-order valence-electron chi connectivity index (χ0n) is 17.1. The number of nitrogens with one attached hydrogen (secondary N) is 1. The van der Waals surface area contributed by atoms with Crippen LogP contribution in [-0.2, 0) is 0 Å². The van der Waals surface area contributed by atoms with Crippen molar-refractivity contribution in [2.75, 3.05) is 5.32 Å². The summed E-state index contributed by atoms with van der Waals surface area (Å²) in [6.07, 6.45) is 5.10. The summed E-state index contributed by atoms with van der Waals surface area (Å²) in [7, 11) is 0. The van der Waals surface area contributed by atoms with E-state index in [0.29, 0.717) is 21.8 Å². The van der Waals surface area contributed by atoms with Crippen molar-refractivity contribution in [2.24, 2.45) is 0 Å². The number of thiophene rings is 1. The molecule has 0 bridgehead atoms. The lowest BCUT2D eigenvalue weighted by Gasteiger charge is -2.10. The van der Waals surface area contributed by atoms with E-state index in [2.05, 4.69) is 21.4 Å². The van der Waals surface area contributed by atoms with Crippen LogP contribution in [0.25, 0.3) is 31.8 Å². The number of fused-ring (bicyclic) bond motifs is 1. The van der Waals surface area contributed by atoms with Crippen LogP contribution in [0.3, 0.4) is 0 Å². The summed E-state index contributed by atoms with van der Waals surface area (Å²) < 4.78 is 0.916. The maximum atomic E-state index is 12.7. The molecule has 0 unspecified atom stereocenters. The fourth-order valence-corrected chi connectivity index (χ4v) is 4.97. The van der Waals surface area contributed by atoms with Gasteiger partial charge in [0.25, 0.3) is 5.91 Å². The summed E-state index contributed by atoms with van der Waals surface area (Å²) in [4.78, 5) is 22.3. The Balaban J connectivity index is 1.57. The lowest BCUT2D eigenvalue weighted by molar-refractivity contribution is 0.102. The number of hydrogen-bond donors (Lipinski definition) is 1. The lowest BCUT2D eigenvalue weighted by Crippen LogP contribution is -2.11. The monoisotopic (exact) mass is 466 g/mol. The first kappa shape index (κ1) is 20.8. The zero-order chi connectivity index (χ0) is 22.8. The molecule has 0 aliphatic heterocycles. The minimum absolute atomic E-state index is 0.258. The van der Waals surface area contributed by atoms with Gasteiger partial charge in [-0.25, -0.2) is 0 Å². The highest BCUT2D eigenvalue weighted by molar-refractivity contribution is 7.22. The Bertz CT molecular complexity index is 1540. The summed E-state index contributed by atoms with van der Waals surface area (Å²) >= 11 is 7.59. The Labute approximate surface area is 199 Å². The van der Waals surface area contributed by atoms with Crippen LogP contribution >= 0.6 is 22.9 Å². The Hall–Kier alpha value is -4.05. The fourth-order valence-electron chi connectivity index (χ4n) is 3.59. The Morgan fingerprint density at radius 1 is 1.00 bits per heavy atom. The molecule has 0 atom stereocenters. The molecule has 2 aromatic carbocycles. The number of nitriles is 1. The van der Waals surface area contributed by atoms with Gasteiger partial charge >= 0.3 is 0 Å². The van der Waals surface area contributed by atoms with E-state index in [-0.39, 0.29) is 5.91 Å². The van der Waals surface area contributed by atoms with Crippen LogP contribution in [0.5, 0.6) is 0 Å². The van der Waals surface area contributed by atoms with Gasteiger partial charge in [0.1, 0.15) is 6.07 Å². The molecule has 0 radical (unpaired) electrons. The van der Waals surface area contributed by atoms with Crippen LogP contribution in [-0.4, -0.2) is 15.9 Å². The number of anilines is 1. The largest absolute Gasteiger partial charge is 0.322 e. The van der Waals surface area contributed by atoms with Crippen LogP contribution in [0.4, 0.5) is 5.69 Å². The number of amides is 1. The molecule has 5 aromatic rings. The highest BCUT2D eigenvalue weighted by Crippen LogP contribution is 2.40. The van der Waals surface area contributed by atoms with Crippen molar-refractivity contribution < 1.29 is 4.79 Å². The average molecular weight is 467 g/mol. The Morgan fingerprint density at radius 3 is 2.61 bits per heavy atom. The quantitative estimate of drug-likeness (QED) is 0.316. The van der Waals surface area contributed by atoms with Gasteiger partial charge in [-0.1, -0.05) is 29.8 Å². The average Bonchev–Trinajstić information content (AvgIpc) is 3.28. The summed E-state index contributed by atoms with van der Waals surface area (Å²) in [5.41, 5.74) is 5.05. The fraction of sp³-hybridized carbons (Fsp3) is 0. The number of halogens is 1. The molecule has 3 heterocycles. The second-order valence-corrected chi connectivity index (χ2v) is 8.75. The van der Waals surface area contributed by atoms with Gasteiger partial charge in [-0.15, -0.1) is 11.3 Å². The van der Waals surface area contributed by atoms with E-state index >= 15 is 0 Å². The van der Waals surface area contributed by atoms with Crippen molar-refractivity contribution in [3.8, 4) is 27.6 Å². The molecule has 1 amide bonds. The van der Waals surface area contributed by atoms with Crippen LogP contribution < -0.4 is 5.32 Å². The molecule has 0 saturated carbocycles. The third kappa shape index (κ3) is 4.20. The van der Waals surface area contributed by atoms with Gasteiger partial charge in [0.2, 0.25) is 0 Å². The van der Waals surface area contributed by atoms with E-state index in [0.717, 1.165) is 31.8 Å². The molecule has 0 saturated heterocycles. The summed E-state index contributed by atoms with van der Waals surface area (Å²) in [6, 6.07) is 22.4. The van der Waals surface area contributed by atoms with Crippen molar-refractivity contribution in [3.63, 3.8) is 0 Å². The van der Waals surface area contributed by atoms with Gasteiger partial charge in [-0.2, -0.15) is 5.26 Å². The zero-order valence-corrected chi connectivity index (χ0v) is 18.7. The van der Waals surface area contributed by atoms with Gasteiger partial charge in [-0.05, 0) is 59.7 Å². The number of pyridine rings is 2. The second kappa shape index (κ2) is 8.83. The van der Waals surface area contributed by atoms with Crippen molar-refractivity contribution in [2.45, 2.75) is 0 Å². The number of benzene rings is 2. The topological polar surface area (TPSA) is 78.7 Å². The summed E-state index contributed by atoms with van der Waals surface area (Å²) in [5.74, 6) is -0.258. The lowest BCUT2D eigenvalue weighted by atomic mass is 10.0. The predicted molar refractivity (Wildman–Crippen MR) is 132 cm³/mol. The van der Waals surface area contributed by atoms with Gasteiger partial charge in [0.15, 0.2) is 0 Å². The number of hydrogen-bond acceptors (Lipinski definition) is 5. The van der Waals surface area contributed by atoms with Crippen molar-refractivity contribution in [3.05, 3.63) is 101 Å². The number of aromatic nitrogens is 2. The molecular formula is C26H15ClN4OS. The molecule has 1 N–H and O–H groups in total. The first-order valence-corrected chi connectivity index (χ1v) is 11.2. The molecule has 0 aliphatic rings. The van der Waals surface area contributed by atoms with E-state index in [1.54, 1.807) is 54.2 Å². The summed E-state index contributed by atoms with van der Waals surface area (Å²) in [6.45, 7) is 0. The third-order valence-electron chi connectivity index (χ3n) is 5.12. The standard InChI is InChI=1S/C26H15ClN4OS/c27-20-5-1-4-18(11-20)26(32)31-21-6-2-3-17(12-21)24-19(14-28)15-30-22-13-23(33-25(22)24)16-7-9-29-10-8-16/h1-13,15H,(H,31,32). The van der Waals surface area contributed by atoms with E-state index in [9.17, 15) is 10.1 Å². The molecule has 7 heteroatoms. The van der Waals surface area contributed by atoms with Crippen LogP contribution in [0.1, 0.15) is 15.9 Å². The first-order chi connectivity index (χ1) is 16.1. The van der Waals surface area contributed by atoms with Crippen LogP contribution in [0, 0.1) is 11.3 Å². The molecule has 5 rings (SSSR count). The Kier molecular flexibility index (Phi) is 5.57. The van der Waals surface area contributed by atoms with E-state index in [4.69, 9.17) is 11.6 Å². The van der Waals surface area contributed by atoms with Crippen LogP contribution in [0.15, 0.2) is 85.3 Å². The molecule has 0 fully saturated rings. The molecule has 5 nitrogen and oxygen atoms in total. The van der Waals surface area contributed by atoms with E-state index in [1.807, 2.05) is 42.5 Å². The minimum atomic E-state index is -0.258. The van der Waals surface area contributed by atoms with Crippen molar-refractivity contribution in [1.82, 2.24) is 9.97 Å². The number of nitrogens with zero attached hydrogens (tertiary/aromatic N) is 3. The molecule has 33 heavy (non-hydrogen) atoms. The maximum absolute atomic E-state index is 12.7. The molecule has 0 spiro atoms. The van der Waals surface area contributed by atoms with E-state index in [1.165, 1.54) is 0 Å². The first-order valence-electron chi connectivity index (χ1n) is 10.0. The SMILES string of the molecule is N#Cc1cnc2cc(-c3ccncc3)sc2c1-c1cccc(NC(=O)c2cccc(Cl)c2)c1. The van der Waals surface area contributed by atoms with Gasteiger partial charge in [0, 0.05) is 45.3 Å². The number of carbonyl (C=O) groups excluding carboxylic acids is 1. The van der Waals surface area contributed by atoms with Gasteiger partial charge in [-0.3, -0.25) is 14.8 Å². The Morgan fingerprint density at radius 2 is 1.82 bits per heavy atom.